The highest BCUT2D eigenvalue weighted by molar-refractivity contribution is 9.10. The van der Waals surface area contributed by atoms with E-state index in [0.717, 1.165) is 17.7 Å². The number of aromatic nitrogens is 1. The second-order valence-electron chi connectivity index (χ2n) is 4.40. The number of halogens is 1. The van der Waals surface area contributed by atoms with Gasteiger partial charge in [0.15, 0.2) is 0 Å². The first kappa shape index (κ1) is 12.0. The number of rotatable bonds is 3. The Bertz CT molecular complexity index is 320. The molecule has 1 N–H and O–H groups in total. The van der Waals surface area contributed by atoms with E-state index in [1.165, 1.54) is 24.9 Å². The minimum Gasteiger partial charge on any atom is -0.315 e. The fraction of sp³-hybridized carbons (Fsp3) is 0.583. The van der Waals surface area contributed by atoms with Gasteiger partial charge in [-0.1, -0.05) is 6.07 Å². The largest absolute Gasteiger partial charge is 0.315 e. The Morgan fingerprint density at radius 2 is 2.44 bits per heavy atom. The molecule has 0 radical (unpaired) electrons. The number of hydrogen-bond donors (Lipinski definition) is 1. The molecule has 1 atom stereocenters. The van der Waals surface area contributed by atoms with Crippen LogP contribution in [0.25, 0.3) is 0 Å². The van der Waals surface area contributed by atoms with Crippen molar-refractivity contribution >= 4 is 15.9 Å². The van der Waals surface area contributed by atoms with Crippen molar-refractivity contribution in [2.45, 2.75) is 25.4 Å². The van der Waals surface area contributed by atoms with Gasteiger partial charge >= 0.3 is 0 Å². The molecule has 0 amide bonds. The second-order valence-corrected chi connectivity index (χ2v) is 5.22. The first-order valence-corrected chi connectivity index (χ1v) is 6.56. The summed E-state index contributed by atoms with van der Waals surface area (Å²) in [7, 11) is 2.19. The molecule has 1 saturated heterocycles. The summed E-state index contributed by atoms with van der Waals surface area (Å²) in [6, 6.07) is 4.80. The van der Waals surface area contributed by atoms with Gasteiger partial charge in [0.2, 0.25) is 0 Å². The fourth-order valence-electron chi connectivity index (χ4n) is 2.13. The second kappa shape index (κ2) is 5.75. The van der Waals surface area contributed by atoms with E-state index in [4.69, 9.17) is 0 Å². The number of nitrogens with zero attached hydrogens (tertiary/aromatic N) is 2. The van der Waals surface area contributed by atoms with E-state index in [1.807, 2.05) is 12.3 Å². The number of piperidine rings is 1. The summed E-state index contributed by atoms with van der Waals surface area (Å²) in [6.07, 6.45) is 4.53. The molecule has 1 aliphatic heterocycles. The van der Waals surface area contributed by atoms with Crippen molar-refractivity contribution in [1.82, 2.24) is 15.2 Å². The lowest BCUT2D eigenvalue weighted by molar-refractivity contribution is 0.195. The summed E-state index contributed by atoms with van der Waals surface area (Å²) < 4.78 is 0.901. The Morgan fingerprint density at radius 1 is 1.56 bits per heavy atom. The van der Waals surface area contributed by atoms with E-state index in [1.54, 1.807) is 0 Å². The third-order valence-electron chi connectivity index (χ3n) is 3.11. The Labute approximate surface area is 105 Å². The van der Waals surface area contributed by atoms with Gasteiger partial charge in [0.1, 0.15) is 4.60 Å². The lowest BCUT2D eigenvalue weighted by Gasteiger charge is -2.31. The van der Waals surface area contributed by atoms with Crippen LogP contribution in [0.1, 0.15) is 18.4 Å². The van der Waals surface area contributed by atoms with Crippen LogP contribution < -0.4 is 5.32 Å². The van der Waals surface area contributed by atoms with E-state index in [0.29, 0.717) is 6.04 Å². The molecule has 0 bridgehead atoms. The summed E-state index contributed by atoms with van der Waals surface area (Å²) in [5.41, 5.74) is 1.27. The molecule has 3 nitrogen and oxygen atoms in total. The van der Waals surface area contributed by atoms with Crippen LogP contribution in [0.2, 0.25) is 0 Å². The lowest BCUT2D eigenvalue weighted by Crippen LogP contribution is -2.43. The number of hydrogen-bond acceptors (Lipinski definition) is 3. The highest BCUT2D eigenvalue weighted by atomic mass is 79.9. The van der Waals surface area contributed by atoms with E-state index in [2.05, 4.69) is 44.2 Å². The van der Waals surface area contributed by atoms with Gasteiger partial charge in [-0.3, -0.25) is 4.90 Å². The Balaban J connectivity index is 1.90. The molecule has 2 rings (SSSR count). The Morgan fingerprint density at radius 3 is 3.06 bits per heavy atom. The minimum atomic E-state index is 0.664. The van der Waals surface area contributed by atoms with Gasteiger partial charge in [-0.25, -0.2) is 4.98 Å². The van der Waals surface area contributed by atoms with E-state index in [-0.39, 0.29) is 0 Å². The van der Waals surface area contributed by atoms with Gasteiger partial charge in [0.05, 0.1) is 0 Å². The summed E-state index contributed by atoms with van der Waals surface area (Å²) in [6.45, 7) is 3.26. The molecule has 2 heterocycles. The normalized spacial score (nSPS) is 21.3. The predicted molar refractivity (Wildman–Crippen MR) is 69.3 cm³/mol. The molecule has 88 valence electrons. The molecule has 0 saturated carbocycles. The van der Waals surface area contributed by atoms with Crippen molar-refractivity contribution in [3.63, 3.8) is 0 Å². The van der Waals surface area contributed by atoms with Crippen LogP contribution in [0.4, 0.5) is 0 Å². The zero-order chi connectivity index (χ0) is 11.4. The van der Waals surface area contributed by atoms with Gasteiger partial charge in [0, 0.05) is 25.3 Å². The third-order valence-corrected chi connectivity index (χ3v) is 3.58. The molecule has 0 aliphatic carbocycles. The van der Waals surface area contributed by atoms with Crippen LogP contribution in [-0.2, 0) is 6.54 Å². The van der Waals surface area contributed by atoms with E-state index >= 15 is 0 Å². The van der Waals surface area contributed by atoms with Gasteiger partial charge in [0.25, 0.3) is 0 Å². The lowest BCUT2D eigenvalue weighted by atomic mass is 10.1. The zero-order valence-corrected chi connectivity index (χ0v) is 11.2. The summed E-state index contributed by atoms with van der Waals surface area (Å²) in [5.74, 6) is 0. The molecule has 1 aromatic rings. The summed E-state index contributed by atoms with van der Waals surface area (Å²) >= 11 is 3.35. The smallest absolute Gasteiger partial charge is 0.106 e. The molecule has 1 aliphatic rings. The van der Waals surface area contributed by atoms with Crippen LogP contribution >= 0.6 is 15.9 Å². The fourth-order valence-corrected chi connectivity index (χ4v) is 2.36. The van der Waals surface area contributed by atoms with Crippen LogP contribution in [0.15, 0.2) is 22.9 Å². The maximum absolute atomic E-state index is 4.25. The maximum Gasteiger partial charge on any atom is 0.106 e. The molecular weight excluding hydrogens is 266 g/mol. The molecular formula is C12H18BrN3. The average molecular weight is 284 g/mol. The van der Waals surface area contributed by atoms with Crippen molar-refractivity contribution in [3.05, 3.63) is 28.5 Å². The maximum atomic E-state index is 4.25. The Kier molecular flexibility index (Phi) is 4.32. The number of pyridine rings is 1. The van der Waals surface area contributed by atoms with Crippen LogP contribution in [0, 0.1) is 0 Å². The van der Waals surface area contributed by atoms with Crippen molar-refractivity contribution < 1.29 is 0 Å². The van der Waals surface area contributed by atoms with Gasteiger partial charge in [-0.05, 0) is 54.0 Å². The minimum absolute atomic E-state index is 0.664. The molecule has 4 heteroatoms. The molecule has 0 aromatic carbocycles. The quantitative estimate of drug-likeness (QED) is 0.861. The summed E-state index contributed by atoms with van der Waals surface area (Å²) in [4.78, 5) is 6.67. The highest BCUT2D eigenvalue weighted by Gasteiger charge is 2.17. The van der Waals surface area contributed by atoms with Crippen molar-refractivity contribution in [2.75, 3.05) is 20.1 Å². The number of likely N-dealkylation sites (N-methyl/N-ethyl adjacent to an activating group) is 1. The Hall–Kier alpha value is -0.450. The van der Waals surface area contributed by atoms with E-state index in [9.17, 15) is 0 Å². The van der Waals surface area contributed by atoms with Crippen LogP contribution in [0.3, 0.4) is 0 Å². The van der Waals surface area contributed by atoms with E-state index < -0.39 is 0 Å². The van der Waals surface area contributed by atoms with Crippen molar-refractivity contribution in [1.29, 1.82) is 0 Å². The monoisotopic (exact) mass is 283 g/mol. The molecule has 1 aromatic heterocycles. The molecule has 0 spiro atoms. The SMILES string of the molecule is CN(Cc1ccc(Br)nc1)[C@@H]1CCCNC1. The number of nitrogens with one attached hydrogen (secondary N) is 1. The highest BCUT2D eigenvalue weighted by Crippen LogP contribution is 2.13. The van der Waals surface area contributed by atoms with Crippen LogP contribution in [0.5, 0.6) is 0 Å². The van der Waals surface area contributed by atoms with Crippen molar-refractivity contribution in [2.24, 2.45) is 0 Å². The predicted octanol–water partition coefficient (Wildman–Crippen LogP) is 2.03. The first-order valence-electron chi connectivity index (χ1n) is 5.77. The van der Waals surface area contributed by atoms with Gasteiger partial charge in [-0.2, -0.15) is 0 Å². The average Bonchev–Trinajstić information content (AvgIpc) is 2.33. The topological polar surface area (TPSA) is 28.2 Å². The molecule has 0 unspecified atom stereocenters. The molecule has 16 heavy (non-hydrogen) atoms. The molecule has 1 fully saturated rings. The zero-order valence-electron chi connectivity index (χ0n) is 9.62. The van der Waals surface area contributed by atoms with Crippen molar-refractivity contribution in [3.8, 4) is 0 Å². The summed E-state index contributed by atoms with van der Waals surface area (Å²) in [5, 5.41) is 3.45. The van der Waals surface area contributed by atoms with Crippen LogP contribution in [-0.4, -0.2) is 36.1 Å². The standard InChI is InChI=1S/C12H18BrN3/c1-16(11-3-2-6-14-8-11)9-10-4-5-12(13)15-7-10/h4-5,7,11,14H,2-3,6,8-9H2,1H3/t11-/m1/s1. The first-order chi connectivity index (χ1) is 7.75. The van der Waals surface area contributed by atoms with Gasteiger partial charge < -0.3 is 5.32 Å². The third kappa shape index (κ3) is 3.27. The van der Waals surface area contributed by atoms with Gasteiger partial charge in [-0.15, -0.1) is 0 Å².